The molecule has 2 aliphatic rings. The zero-order valence-corrected chi connectivity index (χ0v) is 14.9. The molecule has 0 aromatic carbocycles. The fourth-order valence-corrected chi connectivity index (χ4v) is 4.99. The van der Waals surface area contributed by atoms with Crippen LogP contribution in [0.4, 0.5) is 0 Å². The third-order valence-corrected chi connectivity index (χ3v) is 6.77. The Bertz CT molecular complexity index is 626. The van der Waals surface area contributed by atoms with E-state index in [0.717, 1.165) is 19.1 Å². The Morgan fingerprint density at radius 1 is 1.39 bits per heavy atom. The Balaban J connectivity index is 1.54. The van der Waals surface area contributed by atoms with Crippen molar-refractivity contribution in [2.75, 3.05) is 13.1 Å². The van der Waals surface area contributed by atoms with E-state index in [-0.39, 0.29) is 0 Å². The summed E-state index contributed by atoms with van der Waals surface area (Å²) in [4.78, 5) is 8.76. The van der Waals surface area contributed by atoms with Crippen LogP contribution in [0.15, 0.2) is 23.8 Å². The first-order valence-electron chi connectivity index (χ1n) is 8.62. The monoisotopic (exact) mass is 330 g/mol. The zero-order chi connectivity index (χ0) is 15.9. The van der Waals surface area contributed by atoms with Gasteiger partial charge in [0, 0.05) is 36.9 Å². The van der Waals surface area contributed by atoms with Gasteiger partial charge in [-0.25, -0.2) is 4.98 Å². The van der Waals surface area contributed by atoms with Gasteiger partial charge in [0.25, 0.3) is 0 Å². The molecule has 1 unspecified atom stereocenters. The smallest absolute Gasteiger partial charge is 0.122 e. The number of piperidine rings is 1. The maximum Gasteiger partial charge on any atom is 0.122 e. The third kappa shape index (κ3) is 2.97. The summed E-state index contributed by atoms with van der Waals surface area (Å²) in [5.41, 5.74) is 2.00. The Labute approximate surface area is 142 Å². The SMILES string of the molecule is Cc1ccsc1CN(Cc1nccn1C)C1CC12CCNCC2. The van der Waals surface area contributed by atoms with E-state index in [1.807, 2.05) is 17.5 Å². The van der Waals surface area contributed by atoms with Gasteiger partial charge in [-0.1, -0.05) is 0 Å². The summed E-state index contributed by atoms with van der Waals surface area (Å²) in [5.74, 6) is 1.18. The van der Waals surface area contributed by atoms with Crippen molar-refractivity contribution in [1.82, 2.24) is 19.8 Å². The molecule has 0 radical (unpaired) electrons. The van der Waals surface area contributed by atoms with Crippen LogP contribution in [-0.2, 0) is 20.1 Å². The average molecular weight is 331 g/mol. The molecule has 1 N–H and O–H groups in total. The maximum atomic E-state index is 4.56. The Morgan fingerprint density at radius 3 is 2.87 bits per heavy atom. The van der Waals surface area contributed by atoms with Crippen LogP contribution in [0.3, 0.4) is 0 Å². The van der Waals surface area contributed by atoms with E-state index in [0.29, 0.717) is 5.41 Å². The summed E-state index contributed by atoms with van der Waals surface area (Å²) in [6, 6.07) is 2.97. The molecule has 2 aromatic rings. The predicted molar refractivity (Wildman–Crippen MR) is 94.5 cm³/mol. The van der Waals surface area contributed by atoms with Crippen LogP contribution in [0.1, 0.15) is 35.5 Å². The molecule has 124 valence electrons. The Morgan fingerprint density at radius 2 is 2.22 bits per heavy atom. The van der Waals surface area contributed by atoms with Gasteiger partial charge < -0.3 is 9.88 Å². The third-order valence-electron chi connectivity index (χ3n) is 5.77. The number of hydrogen-bond donors (Lipinski definition) is 1. The second kappa shape index (κ2) is 6.04. The molecular weight excluding hydrogens is 304 g/mol. The second-order valence-electron chi connectivity index (χ2n) is 7.22. The predicted octanol–water partition coefficient (Wildman–Crippen LogP) is 2.93. The maximum absolute atomic E-state index is 4.56. The minimum atomic E-state index is 0.571. The molecule has 4 nitrogen and oxygen atoms in total. The van der Waals surface area contributed by atoms with Crippen LogP contribution in [-0.4, -0.2) is 33.6 Å². The number of rotatable bonds is 5. The zero-order valence-electron chi connectivity index (χ0n) is 14.1. The fraction of sp³-hybridized carbons (Fsp3) is 0.611. The molecule has 3 heterocycles. The molecule has 1 aliphatic heterocycles. The Hall–Kier alpha value is -1.17. The van der Waals surface area contributed by atoms with Crippen molar-refractivity contribution in [1.29, 1.82) is 0 Å². The van der Waals surface area contributed by atoms with Crippen molar-refractivity contribution in [3.8, 4) is 0 Å². The highest BCUT2D eigenvalue weighted by Crippen LogP contribution is 2.56. The summed E-state index contributed by atoms with van der Waals surface area (Å²) in [5, 5.41) is 5.74. The fourth-order valence-electron chi connectivity index (χ4n) is 4.06. The first kappa shape index (κ1) is 15.4. The molecule has 2 aromatic heterocycles. The highest BCUT2D eigenvalue weighted by molar-refractivity contribution is 7.10. The lowest BCUT2D eigenvalue weighted by atomic mass is 9.93. The number of imidazole rings is 1. The van der Waals surface area contributed by atoms with Gasteiger partial charge in [0.1, 0.15) is 5.82 Å². The van der Waals surface area contributed by atoms with Crippen molar-refractivity contribution < 1.29 is 0 Å². The quantitative estimate of drug-likeness (QED) is 0.915. The van der Waals surface area contributed by atoms with Gasteiger partial charge in [-0.15, -0.1) is 11.3 Å². The molecule has 2 fully saturated rings. The number of nitrogens with zero attached hydrogens (tertiary/aromatic N) is 3. The van der Waals surface area contributed by atoms with Crippen LogP contribution < -0.4 is 5.32 Å². The summed E-state index contributed by atoms with van der Waals surface area (Å²) in [6.45, 7) is 6.63. The first-order valence-corrected chi connectivity index (χ1v) is 9.50. The van der Waals surface area contributed by atoms with Gasteiger partial charge in [-0.3, -0.25) is 4.90 Å². The van der Waals surface area contributed by atoms with Crippen molar-refractivity contribution >= 4 is 11.3 Å². The van der Waals surface area contributed by atoms with Crippen LogP contribution in [0.5, 0.6) is 0 Å². The molecule has 0 amide bonds. The topological polar surface area (TPSA) is 33.1 Å². The van der Waals surface area contributed by atoms with Gasteiger partial charge in [0.15, 0.2) is 0 Å². The second-order valence-corrected chi connectivity index (χ2v) is 8.22. The van der Waals surface area contributed by atoms with Gasteiger partial charge >= 0.3 is 0 Å². The lowest BCUT2D eigenvalue weighted by Gasteiger charge is -2.29. The van der Waals surface area contributed by atoms with Crippen LogP contribution in [0, 0.1) is 12.3 Å². The van der Waals surface area contributed by atoms with E-state index >= 15 is 0 Å². The molecule has 23 heavy (non-hydrogen) atoms. The minimum absolute atomic E-state index is 0.571. The van der Waals surface area contributed by atoms with E-state index in [1.165, 1.54) is 48.6 Å². The van der Waals surface area contributed by atoms with Crippen LogP contribution >= 0.6 is 11.3 Å². The van der Waals surface area contributed by atoms with E-state index in [1.54, 1.807) is 0 Å². The van der Waals surface area contributed by atoms with Gasteiger partial charge in [0.2, 0.25) is 0 Å². The van der Waals surface area contributed by atoms with Crippen LogP contribution in [0.25, 0.3) is 0 Å². The highest BCUT2D eigenvalue weighted by Gasteiger charge is 2.56. The molecule has 4 rings (SSSR count). The van der Waals surface area contributed by atoms with Crippen LogP contribution in [0.2, 0.25) is 0 Å². The number of hydrogen-bond acceptors (Lipinski definition) is 4. The van der Waals surface area contributed by atoms with Crippen molar-refractivity contribution in [3.63, 3.8) is 0 Å². The van der Waals surface area contributed by atoms with E-state index in [2.05, 4.69) is 51.4 Å². The normalized spacial score (nSPS) is 22.8. The largest absolute Gasteiger partial charge is 0.337 e. The molecule has 0 bridgehead atoms. The molecular formula is C18H26N4S. The lowest BCUT2D eigenvalue weighted by molar-refractivity contribution is 0.184. The number of nitrogens with one attached hydrogen (secondary N) is 1. The number of thiophene rings is 1. The van der Waals surface area contributed by atoms with Gasteiger partial charge in [0.05, 0.1) is 6.54 Å². The number of aryl methyl sites for hydroxylation is 2. The molecule has 1 aliphatic carbocycles. The van der Waals surface area contributed by atoms with Crippen molar-refractivity contribution in [2.45, 2.75) is 45.3 Å². The summed E-state index contributed by atoms with van der Waals surface area (Å²) in [7, 11) is 2.10. The molecule has 5 heteroatoms. The first-order chi connectivity index (χ1) is 11.2. The average Bonchev–Trinajstić information content (AvgIpc) is 2.86. The molecule has 1 saturated carbocycles. The highest BCUT2D eigenvalue weighted by atomic mass is 32.1. The molecule has 1 spiro atoms. The van der Waals surface area contributed by atoms with Crippen molar-refractivity contribution in [3.05, 3.63) is 40.1 Å². The van der Waals surface area contributed by atoms with E-state index in [4.69, 9.17) is 0 Å². The molecule has 1 atom stereocenters. The van der Waals surface area contributed by atoms with Crippen molar-refractivity contribution in [2.24, 2.45) is 12.5 Å². The van der Waals surface area contributed by atoms with Gasteiger partial charge in [-0.05, 0) is 61.7 Å². The lowest BCUT2D eigenvalue weighted by Crippen LogP contribution is -2.36. The van der Waals surface area contributed by atoms with E-state index < -0.39 is 0 Å². The summed E-state index contributed by atoms with van der Waals surface area (Å²) in [6.07, 6.45) is 7.99. The standard InChI is InChI=1S/C18H26N4S/c1-14-3-10-23-15(14)12-22(13-17-20-8-9-21(17)2)16-11-18(16)4-6-19-7-5-18/h3,8-10,16,19H,4-7,11-13H2,1-2H3. The summed E-state index contributed by atoms with van der Waals surface area (Å²) >= 11 is 1.89. The van der Waals surface area contributed by atoms with E-state index in [9.17, 15) is 0 Å². The van der Waals surface area contributed by atoms with Gasteiger partial charge in [-0.2, -0.15) is 0 Å². The Kier molecular flexibility index (Phi) is 4.03. The molecule has 1 saturated heterocycles. The summed E-state index contributed by atoms with van der Waals surface area (Å²) < 4.78 is 2.16. The number of aromatic nitrogens is 2. The minimum Gasteiger partial charge on any atom is -0.337 e.